The molecule has 1 heterocycles. The first kappa shape index (κ1) is 8.92. The van der Waals surface area contributed by atoms with Crippen LogP contribution in [0.25, 0.3) is 0 Å². The summed E-state index contributed by atoms with van der Waals surface area (Å²) in [5.41, 5.74) is -1.10. The second kappa shape index (κ2) is 2.71. The molecule has 1 saturated heterocycles. The Labute approximate surface area is 64.7 Å². The summed E-state index contributed by atoms with van der Waals surface area (Å²) in [6, 6.07) is 0. The Morgan fingerprint density at radius 2 is 2.18 bits per heavy atom. The molecule has 1 aliphatic rings. The maximum Gasteiger partial charge on any atom is 0.106 e. The zero-order valence-electron chi connectivity index (χ0n) is 5.82. The van der Waals surface area contributed by atoms with Crippen molar-refractivity contribution in [1.29, 1.82) is 0 Å². The van der Waals surface area contributed by atoms with E-state index >= 15 is 0 Å². The lowest BCUT2D eigenvalue weighted by Crippen LogP contribution is -2.52. The molecule has 0 bridgehead atoms. The summed E-state index contributed by atoms with van der Waals surface area (Å²) in [4.78, 5) is 0. The Balaban J connectivity index is 2.59. The molecule has 0 saturated carbocycles. The maximum absolute atomic E-state index is 10.3. The monoisotopic (exact) mass is 181 g/mol. The van der Waals surface area contributed by atoms with Crippen molar-refractivity contribution in [1.82, 2.24) is 0 Å². The Morgan fingerprint density at radius 1 is 1.64 bits per heavy atom. The van der Waals surface area contributed by atoms with Crippen LogP contribution in [0.1, 0.15) is 6.42 Å². The Bertz CT molecular complexity index is 222. The number of aliphatic hydroxyl groups is 1. The molecule has 11 heavy (non-hydrogen) atoms. The average Bonchev–Trinajstić information content (AvgIpc) is 1.77. The van der Waals surface area contributed by atoms with Crippen LogP contribution in [0, 0.1) is 0 Å². The summed E-state index contributed by atoms with van der Waals surface area (Å²) >= 11 is 0. The largest absolute Gasteiger partial charge is 0.748 e. The molecule has 0 aromatic rings. The van der Waals surface area contributed by atoms with Crippen molar-refractivity contribution >= 4 is 10.1 Å². The summed E-state index contributed by atoms with van der Waals surface area (Å²) < 4.78 is 35.6. The second-order valence-corrected chi connectivity index (χ2v) is 4.05. The lowest BCUT2D eigenvalue weighted by Gasteiger charge is -2.40. The Hall–Kier alpha value is -0.170. The molecule has 1 rings (SSSR count). The first-order valence-electron chi connectivity index (χ1n) is 3.16. The number of aliphatic hydroxyl groups excluding tert-OH is 1. The molecule has 1 N–H and O–H groups in total. The standard InChI is InChI=1S/C5H10O5S/c6-3-5(1-2-10-5)4-11(7,8)9/h6H,1-4H2,(H,7,8,9)/p-1. The van der Waals surface area contributed by atoms with E-state index in [-0.39, 0.29) is 0 Å². The van der Waals surface area contributed by atoms with E-state index < -0.39 is 28.1 Å². The highest BCUT2D eigenvalue weighted by atomic mass is 32.2. The number of rotatable bonds is 3. The SMILES string of the molecule is O=S(=O)([O-])CC1(CO)CCO1. The summed E-state index contributed by atoms with van der Waals surface area (Å²) in [6.07, 6.45) is 0.435. The zero-order chi connectivity index (χ0) is 8.54. The quantitative estimate of drug-likeness (QED) is 0.546. The molecule has 6 heteroatoms. The average molecular weight is 181 g/mol. The minimum absolute atomic E-state index is 0.408. The fraction of sp³-hybridized carbons (Fsp3) is 1.00. The van der Waals surface area contributed by atoms with Gasteiger partial charge >= 0.3 is 0 Å². The van der Waals surface area contributed by atoms with Crippen molar-refractivity contribution in [2.24, 2.45) is 0 Å². The number of hydrogen-bond donors (Lipinski definition) is 1. The topological polar surface area (TPSA) is 86.7 Å². The summed E-state index contributed by atoms with van der Waals surface area (Å²) in [7, 11) is -4.29. The Kier molecular flexibility index (Phi) is 2.19. The molecule has 0 spiro atoms. The minimum Gasteiger partial charge on any atom is -0.748 e. The molecule has 1 aliphatic heterocycles. The van der Waals surface area contributed by atoms with Gasteiger partial charge in [0.15, 0.2) is 0 Å². The third-order valence-electron chi connectivity index (χ3n) is 1.69. The van der Waals surface area contributed by atoms with E-state index in [4.69, 9.17) is 9.84 Å². The van der Waals surface area contributed by atoms with Gasteiger partial charge in [0.2, 0.25) is 0 Å². The van der Waals surface area contributed by atoms with E-state index in [2.05, 4.69) is 0 Å². The van der Waals surface area contributed by atoms with Gasteiger partial charge in [-0.3, -0.25) is 0 Å². The predicted octanol–water partition coefficient (Wildman–Crippen LogP) is -1.32. The van der Waals surface area contributed by atoms with Gasteiger partial charge in [0.25, 0.3) is 0 Å². The third-order valence-corrected chi connectivity index (χ3v) is 2.57. The summed E-state index contributed by atoms with van der Waals surface area (Å²) in [5, 5.41) is 8.67. The van der Waals surface area contributed by atoms with Crippen molar-refractivity contribution in [3.8, 4) is 0 Å². The fourth-order valence-electron chi connectivity index (χ4n) is 0.997. The van der Waals surface area contributed by atoms with Crippen molar-refractivity contribution in [2.75, 3.05) is 19.0 Å². The molecule has 66 valence electrons. The van der Waals surface area contributed by atoms with Crippen LogP contribution in [0.3, 0.4) is 0 Å². The normalized spacial score (nSPS) is 31.5. The van der Waals surface area contributed by atoms with Crippen molar-refractivity contribution in [3.63, 3.8) is 0 Å². The second-order valence-electron chi connectivity index (χ2n) is 2.64. The predicted molar refractivity (Wildman–Crippen MR) is 34.9 cm³/mol. The molecule has 1 unspecified atom stereocenters. The lowest BCUT2D eigenvalue weighted by atomic mass is 9.99. The van der Waals surface area contributed by atoms with Crippen LogP contribution in [-0.2, 0) is 14.9 Å². The molecule has 0 aromatic carbocycles. The van der Waals surface area contributed by atoms with Gasteiger partial charge in [-0.15, -0.1) is 0 Å². The smallest absolute Gasteiger partial charge is 0.106 e. The van der Waals surface area contributed by atoms with Crippen molar-refractivity contribution in [3.05, 3.63) is 0 Å². The van der Waals surface area contributed by atoms with Crippen LogP contribution < -0.4 is 0 Å². The van der Waals surface area contributed by atoms with Crippen LogP contribution in [0.2, 0.25) is 0 Å². The van der Waals surface area contributed by atoms with E-state index in [0.717, 1.165) is 0 Å². The highest BCUT2D eigenvalue weighted by molar-refractivity contribution is 7.85. The molecule has 0 amide bonds. The zero-order valence-corrected chi connectivity index (χ0v) is 6.63. The highest BCUT2D eigenvalue weighted by Gasteiger charge is 2.39. The van der Waals surface area contributed by atoms with Gasteiger partial charge in [-0.05, 0) is 0 Å². The van der Waals surface area contributed by atoms with Gasteiger partial charge < -0.3 is 14.4 Å². The first-order valence-corrected chi connectivity index (χ1v) is 4.74. The minimum atomic E-state index is -4.29. The summed E-state index contributed by atoms with van der Waals surface area (Å²) in [5.74, 6) is -0.628. The van der Waals surface area contributed by atoms with E-state index in [1.54, 1.807) is 0 Å². The molecular weight excluding hydrogens is 172 g/mol. The highest BCUT2D eigenvalue weighted by Crippen LogP contribution is 2.26. The fourth-order valence-corrected chi connectivity index (χ4v) is 1.96. The molecule has 5 nitrogen and oxygen atoms in total. The van der Waals surface area contributed by atoms with Crippen LogP contribution in [0.15, 0.2) is 0 Å². The van der Waals surface area contributed by atoms with Gasteiger partial charge in [0, 0.05) is 6.42 Å². The van der Waals surface area contributed by atoms with E-state index in [9.17, 15) is 13.0 Å². The van der Waals surface area contributed by atoms with Crippen LogP contribution in [0.5, 0.6) is 0 Å². The van der Waals surface area contributed by atoms with E-state index in [1.165, 1.54) is 0 Å². The van der Waals surface area contributed by atoms with Gasteiger partial charge in [-0.2, -0.15) is 0 Å². The first-order chi connectivity index (χ1) is 4.97. The number of ether oxygens (including phenoxy) is 1. The molecule has 1 atom stereocenters. The molecule has 0 aromatic heterocycles. The van der Waals surface area contributed by atoms with E-state index in [0.29, 0.717) is 13.0 Å². The van der Waals surface area contributed by atoms with Gasteiger partial charge in [0.1, 0.15) is 5.60 Å². The molecular formula is C5H9O5S-. The van der Waals surface area contributed by atoms with Crippen LogP contribution in [-0.4, -0.2) is 42.6 Å². The van der Waals surface area contributed by atoms with Crippen molar-refractivity contribution in [2.45, 2.75) is 12.0 Å². The number of hydrogen-bond acceptors (Lipinski definition) is 5. The van der Waals surface area contributed by atoms with Crippen LogP contribution in [0.4, 0.5) is 0 Å². The Morgan fingerprint density at radius 3 is 2.27 bits per heavy atom. The summed E-state index contributed by atoms with van der Waals surface area (Å²) in [6.45, 7) is 0.00451. The van der Waals surface area contributed by atoms with Gasteiger partial charge in [-0.25, -0.2) is 8.42 Å². The van der Waals surface area contributed by atoms with Crippen molar-refractivity contribution < 1.29 is 22.8 Å². The molecule has 1 fully saturated rings. The third kappa shape index (κ3) is 2.13. The van der Waals surface area contributed by atoms with Crippen LogP contribution >= 0.6 is 0 Å². The van der Waals surface area contributed by atoms with Gasteiger partial charge in [-0.1, -0.05) is 0 Å². The molecule has 0 radical (unpaired) electrons. The van der Waals surface area contributed by atoms with E-state index in [1.807, 2.05) is 0 Å². The maximum atomic E-state index is 10.3. The lowest BCUT2D eigenvalue weighted by molar-refractivity contribution is -0.155. The van der Waals surface area contributed by atoms with Gasteiger partial charge in [0.05, 0.1) is 29.1 Å². The molecule has 0 aliphatic carbocycles.